The van der Waals surface area contributed by atoms with Gasteiger partial charge in [0.05, 0.1) is 5.69 Å². The fourth-order valence-electron chi connectivity index (χ4n) is 2.78. The van der Waals surface area contributed by atoms with Crippen LogP contribution in [0.15, 0.2) is 55.0 Å². The Balaban J connectivity index is 1.65. The molecule has 0 spiro atoms. The second-order valence-corrected chi connectivity index (χ2v) is 6.05. The van der Waals surface area contributed by atoms with Gasteiger partial charge >= 0.3 is 0 Å². The van der Waals surface area contributed by atoms with Gasteiger partial charge in [-0.1, -0.05) is 25.5 Å². The summed E-state index contributed by atoms with van der Waals surface area (Å²) in [5.41, 5.74) is 4.86. The van der Waals surface area contributed by atoms with E-state index >= 15 is 0 Å². The van der Waals surface area contributed by atoms with Gasteiger partial charge in [0.25, 0.3) is 5.91 Å². The van der Waals surface area contributed by atoms with Crippen LogP contribution in [0.2, 0.25) is 0 Å². The minimum atomic E-state index is -0.0750. The highest BCUT2D eigenvalue weighted by Crippen LogP contribution is 2.18. The molecule has 2 heterocycles. The van der Waals surface area contributed by atoms with Crippen LogP contribution in [0.4, 0.5) is 0 Å². The van der Waals surface area contributed by atoms with E-state index in [-0.39, 0.29) is 5.91 Å². The summed E-state index contributed by atoms with van der Waals surface area (Å²) < 4.78 is 1.80. The summed E-state index contributed by atoms with van der Waals surface area (Å²) in [5, 5.41) is 7.13. The van der Waals surface area contributed by atoms with E-state index in [9.17, 15) is 4.79 Å². The maximum Gasteiger partial charge on any atom is 0.251 e. The third-order valence-corrected chi connectivity index (χ3v) is 4.12. The maximum atomic E-state index is 12.3. The molecule has 0 saturated carbocycles. The van der Waals surface area contributed by atoms with Crippen LogP contribution >= 0.6 is 0 Å². The molecule has 2 aromatic heterocycles. The number of hydrogen-bond donors (Lipinski definition) is 1. The molecule has 5 nitrogen and oxygen atoms in total. The molecule has 5 heteroatoms. The molecule has 128 valence electrons. The number of carbonyl (C=O) groups is 1. The van der Waals surface area contributed by atoms with Crippen molar-refractivity contribution >= 4 is 5.91 Å². The first-order valence-electron chi connectivity index (χ1n) is 8.47. The van der Waals surface area contributed by atoms with Crippen molar-refractivity contribution in [3.8, 4) is 11.3 Å². The minimum absolute atomic E-state index is 0.0750. The fourth-order valence-corrected chi connectivity index (χ4v) is 2.78. The number of benzene rings is 1. The van der Waals surface area contributed by atoms with E-state index in [1.165, 1.54) is 5.56 Å². The van der Waals surface area contributed by atoms with Crippen molar-refractivity contribution < 1.29 is 4.79 Å². The SMILES string of the molecule is CCCc1ccc(C(=O)NCc2cncc(-c3ccnn3C)c2)cc1. The monoisotopic (exact) mass is 334 g/mol. The molecule has 1 amide bonds. The first kappa shape index (κ1) is 16.9. The Hall–Kier alpha value is -2.95. The molecule has 0 aliphatic rings. The topological polar surface area (TPSA) is 59.8 Å². The van der Waals surface area contributed by atoms with E-state index in [1.54, 1.807) is 23.3 Å². The Bertz CT molecular complexity index is 852. The molecule has 0 radical (unpaired) electrons. The fraction of sp³-hybridized carbons (Fsp3) is 0.250. The zero-order valence-corrected chi connectivity index (χ0v) is 14.6. The number of nitrogens with one attached hydrogen (secondary N) is 1. The summed E-state index contributed by atoms with van der Waals surface area (Å²) in [6, 6.07) is 11.8. The average Bonchev–Trinajstić information content (AvgIpc) is 3.07. The van der Waals surface area contributed by atoms with E-state index in [0.29, 0.717) is 12.1 Å². The number of hydrogen-bond acceptors (Lipinski definition) is 3. The number of aromatic nitrogens is 3. The molecule has 0 atom stereocenters. The highest BCUT2D eigenvalue weighted by atomic mass is 16.1. The molecule has 3 aromatic rings. The predicted octanol–water partition coefficient (Wildman–Crippen LogP) is 3.36. The Morgan fingerprint density at radius 2 is 1.92 bits per heavy atom. The van der Waals surface area contributed by atoms with Gasteiger partial charge in [-0.05, 0) is 41.8 Å². The Morgan fingerprint density at radius 1 is 1.12 bits per heavy atom. The lowest BCUT2D eigenvalue weighted by Crippen LogP contribution is -2.22. The lowest BCUT2D eigenvalue weighted by Gasteiger charge is -2.08. The van der Waals surface area contributed by atoms with Crippen LogP contribution in [-0.4, -0.2) is 20.7 Å². The van der Waals surface area contributed by atoms with Crippen LogP contribution in [0.25, 0.3) is 11.3 Å². The maximum absolute atomic E-state index is 12.3. The molecule has 0 saturated heterocycles. The zero-order chi connectivity index (χ0) is 17.6. The second-order valence-electron chi connectivity index (χ2n) is 6.05. The van der Waals surface area contributed by atoms with Gasteiger partial charge in [-0.2, -0.15) is 5.10 Å². The Kier molecular flexibility index (Phi) is 5.23. The number of pyridine rings is 1. The molecular formula is C20H22N4O. The van der Waals surface area contributed by atoms with E-state index < -0.39 is 0 Å². The van der Waals surface area contributed by atoms with Crippen LogP contribution in [0.3, 0.4) is 0 Å². The third-order valence-electron chi connectivity index (χ3n) is 4.12. The van der Waals surface area contributed by atoms with Crippen LogP contribution in [0.5, 0.6) is 0 Å². The van der Waals surface area contributed by atoms with Crippen LogP contribution in [-0.2, 0) is 20.0 Å². The molecule has 0 bridgehead atoms. The van der Waals surface area contributed by atoms with Crippen molar-refractivity contribution in [1.82, 2.24) is 20.1 Å². The van der Waals surface area contributed by atoms with Crippen molar-refractivity contribution in [2.45, 2.75) is 26.3 Å². The molecule has 1 aromatic carbocycles. The van der Waals surface area contributed by atoms with Gasteiger partial charge < -0.3 is 5.32 Å². The van der Waals surface area contributed by atoms with E-state index in [2.05, 4.69) is 22.3 Å². The van der Waals surface area contributed by atoms with Gasteiger partial charge in [0.1, 0.15) is 0 Å². The zero-order valence-electron chi connectivity index (χ0n) is 14.6. The summed E-state index contributed by atoms with van der Waals surface area (Å²) >= 11 is 0. The Morgan fingerprint density at radius 3 is 2.60 bits per heavy atom. The smallest absolute Gasteiger partial charge is 0.251 e. The molecular weight excluding hydrogens is 312 g/mol. The van der Waals surface area contributed by atoms with Gasteiger partial charge in [0.15, 0.2) is 0 Å². The molecule has 0 unspecified atom stereocenters. The highest BCUT2D eigenvalue weighted by molar-refractivity contribution is 5.94. The van der Waals surface area contributed by atoms with E-state index in [1.807, 2.05) is 43.4 Å². The number of rotatable bonds is 6. The number of aryl methyl sites for hydroxylation is 2. The van der Waals surface area contributed by atoms with Crippen molar-refractivity contribution in [2.75, 3.05) is 0 Å². The first-order valence-corrected chi connectivity index (χ1v) is 8.47. The summed E-state index contributed by atoms with van der Waals surface area (Å²) in [4.78, 5) is 16.6. The highest BCUT2D eigenvalue weighted by Gasteiger charge is 2.07. The van der Waals surface area contributed by atoms with Crippen molar-refractivity contribution in [1.29, 1.82) is 0 Å². The summed E-state index contributed by atoms with van der Waals surface area (Å²) in [7, 11) is 1.89. The lowest BCUT2D eigenvalue weighted by atomic mass is 10.1. The standard InChI is InChI=1S/C20H22N4O/c1-3-4-15-5-7-17(8-6-15)20(25)22-13-16-11-18(14-21-12-16)19-9-10-23-24(19)2/h5-12,14H,3-4,13H2,1-2H3,(H,22,25). The second kappa shape index (κ2) is 7.75. The van der Waals surface area contributed by atoms with Gasteiger partial charge in [0.2, 0.25) is 0 Å². The third kappa shape index (κ3) is 4.12. The molecule has 0 aliphatic carbocycles. The molecule has 3 rings (SSSR count). The molecule has 0 aliphatic heterocycles. The van der Waals surface area contributed by atoms with Gasteiger partial charge in [-0.15, -0.1) is 0 Å². The summed E-state index contributed by atoms with van der Waals surface area (Å²) in [6.45, 7) is 2.59. The average molecular weight is 334 g/mol. The first-order chi connectivity index (χ1) is 12.2. The van der Waals surface area contributed by atoms with Gasteiger partial charge in [-0.25, -0.2) is 0 Å². The Labute approximate surface area is 147 Å². The van der Waals surface area contributed by atoms with Crippen LogP contribution in [0.1, 0.15) is 34.8 Å². The van der Waals surface area contributed by atoms with E-state index in [4.69, 9.17) is 0 Å². The molecule has 25 heavy (non-hydrogen) atoms. The number of carbonyl (C=O) groups excluding carboxylic acids is 1. The van der Waals surface area contributed by atoms with E-state index in [0.717, 1.165) is 29.7 Å². The van der Waals surface area contributed by atoms with Gasteiger partial charge in [-0.3, -0.25) is 14.5 Å². The van der Waals surface area contributed by atoms with Gasteiger partial charge in [0, 0.05) is 43.3 Å². The summed E-state index contributed by atoms with van der Waals surface area (Å²) in [6.07, 6.45) is 7.46. The van der Waals surface area contributed by atoms with Crippen molar-refractivity contribution in [2.24, 2.45) is 7.05 Å². The normalized spacial score (nSPS) is 10.6. The quantitative estimate of drug-likeness (QED) is 0.752. The largest absolute Gasteiger partial charge is 0.348 e. The minimum Gasteiger partial charge on any atom is -0.348 e. The predicted molar refractivity (Wildman–Crippen MR) is 98.0 cm³/mol. The summed E-state index contributed by atoms with van der Waals surface area (Å²) in [5.74, 6) is -0.0750. The van der Waals surface area contributed by atoms with Crippen molar-refractivity contribution in [3.63, 3.8) is 0 Å². The lowest BCUT2D eigenvalue weighted by molar-refractivity contribution is 0.0951. The van der Waals surface area contributed by atoms with Crippen LogP contribution in [0, 0.1) is 0 Å². The number of nitrogens with zero attached hydrogens (tertiary/aromatic N) is 3. The van der Waals surface area contributed by atoms with Crippen molar-refractivity contribution in [3.05, 3.63) is 71.7 Å². The number of amides is 1. The van der Waals surface area contributed by atoms with Crippen LogP contribution < -0.4 is 5.32 Å². The molecule has 0 fully saturated rings. The molecule has 1 N–H and O–H groups in total.